The van der Waals surface area contributed by atoms with E-state index >= 15 is 0 Å². The first-order valence-corrected chi connectivity index (χ1v) is 5.26. The maximum Gasteiger partial charge on any atom is 0.328 e. The molecule has 1 aromatic rings. The van der Waals surface area contributed by atoms with Crippen LogP contribution in [0.15, 0.2) is 10.5 Å². The highest BCUT2D eigenvalue weighted by Crippen LogP contribution is 2.31. The van der Waals surface area contributed by atoms with Crippen LogP contribution >= 0.6 is 27.3 Å². The molecule has 0 aliphatic rings. The number of rotatable bonds is 2. The summed E-state index contributed by atoms with van der Waals surface area (Å²) in [7, 11) is 1.33. The topological polar surface area (TPSA) is 52.3 Å². The van der Waals surface area contributed by atoms with Crippen molar-refractivity contribution in [2.45, 2.75) is 13.0 Å². The summed E-state index contributed by atoms with van der Waals surface area (Å²) in [4.78, 5) is 13.0. The molecule has 0 amide bonds. The minimum absolute atomic E-state index is 0.414. The molecule has 0 radical (unpaired) electrons. The molecule has 1 heterocycles. The van der Waals surface area contributed by atoms with E-state index in [0.717, 1.165) is 14.2 Å². The van der Waals surface area contributed by atoms with Gasteiger partial charge >= 0.3 is 5.97 Å². The van der Waals surface area contributed by atoms with Gasteiger partial charge in [-0.15, -0.1) is 11.3 Å². The Labute approximate surface area is 89.0 Å². The Balaban J connectivity index is 2.94. The minimum atomic E-state index is -0.682. The summed E-state index contributed by atoms with van der Waals surface area (Å²) in [5, 5.41) is 0. The molecule has 1 aromatic heterocycles. The van der Waals surface area contributed by atoms with E-state index in [9.17, 15) is 4.79 Å². The fraction of sp³-hybridized carbons (Fsp3) is 0.375. The highest BCUT2D eigenvalue weighted by molar-refractivity contribution is 9.10. The van der Waals surface area contributed by atoms with Gasteiger partial charge in [-0.3, -0.25) is 0 Å². The van der Waals surface area contributed by atoms with Crippen molar-refractivity contribution in [2.75, 3.05) is 7.11 Å². The Hall–Kier alpha value is -0.390. The summed E-state index contributed by atoms with van der Waals surface area (Å²) in [5.41, 5.74) is 5.67. The molecule has 1 unspecified atom stereocenters. The Morgan fingerprint density at radius 1 is 1.77 bits per heavy atom. The Bertz CT molecular complexity index is 324. The van der Waals surface area contributed by atoms with Gasteiger partial charge in [0.25, 0.3) is 0 Å². The van der Waals surface area contributed by atoms with E-state index in [1.807, 2.05) is 13.0 Å². The number of halogens is 1. The van der Waals surface area contributed by atoms with E-state index in [1.54, 1.807) is 0 Å². The zero-order valence-electron chi connectivity index (χ0n) is 7.33. The molecule has 0 bridgehead atoms. The number of ether oxygens (including phenoxy) is 1. The molecule has 0 spiro atoms. The third-order valence-electron chi connectivity index (χ3n) is 1.57. The summed E-state index contributed by atoms with van der Waals surface area (Å²) in [5.74, 6) is -0.414. The van der Waals surface area contributed by atoms with Crippen molar-refractivity contribution in [3.8, 4) is 0 Å². The third kappa shape index (κ3) is 2.30. The molecule has 0 saturated carbocycles. The third-order valence-corrected chi connectivity index (χ3v) is 3.63. The highest BCUT2D eigenvalue weighted by Gasteiger charge is 2.20. The van der Waals surface area contributed by atoms with Crippen LogP contribution in [0.2, 0.25) is 0 Å². The monoisotopic (exact) mass is 263 g/mol. The van der Waals surface area contributed by atoms with Crippen LogP contribution in [0.5, 0.6) is 0 Å². The van der Waals surface area contributed by atoms with Gasteiger partial charge in [0.15, 0.2) is 0 Å². The van der Waals surface area contributed by atoms with Crippen molar-refractivity contribution >= 4 is 33.2 Å². The van der Waals surface area contributed by atoms with Crippen LogP contribution in [0, 0.1) is 6.92 Å². The van der Waals surface area contributed by atoms with Crippen molar-refractivity contribution in [2.24, 2.45) is 5.73 Å². The molecular formula is C8H10BrNO2S. The lowest BCUT2D eigenvalue weighted by molar-refractivity contribution is -0.142. The smallest absolute Gasteiger partial charge is 0.328 e. The molecule has 72 valence electrons. The number of hydrogen-bond donors (Lipinski definition) is 1. The van der Waals surface area contributed by atoms with Gasteiger partial charge in [0.2, 0.25) is 0 Å². The number of thiophene rings is 1. The molecule has 0 aliphatic carbocycles. The van der Waals surface area contributed by atoms with Crippen molar-refractivity contribution in [1.82, 2.24) is 0 Å². The number of esters is 1. The molecular weight excluding hydrogens is 254 g/mol. The van der Waals surface area contributed by atoms with Crippen LogP contribution in [0.3, 0.4) is 0 Å². The van der Waals surface area contributed by atoms with Crippen LogP contribution in [-0.4, -0.2) is 13.1 Å². The average Bonchev–Trinajstić information content (AvgIpc) is 2.42. The van der Waals surface area contributed by atoms with Crippen LogP contribution in [0.4, 0.5) is 0 Å². The predicted octanol–water partition coefficient (Wildman–Crippen LogP) is 1.99. The zero-order valence-corrected chi connectivity index (χ0v) is 9.74. The Morgan fingerprint density at radius 3 is 2.77 bits per heavy atom. The minimum Gasteiger partial charge on any atom is -0.468 e. The summed E-state index contributed by atoms with van der Waals surface area (Å²) >= 11 is 4.83. The van der Waals surface area contributed by atoms with Gasteiger partial charge in [-0.25, -0.2) is 4.79 Å². The summed E-state index contributed by atoms with van der Waals surface area (Å²) in [6, 6.07) is 1.25. The number of carbonyl (C=O) groups is 1. The van der Waals surface area contributed by atoms with Gasteiger partial charge in [-0.05, 0) is 28.9 Å². The number of hydrogen-bond acceptors (Lipinski definition) is 4. The first-order valence-electron chi connectivity index (χ1n) is 3.65. The fourth-order valence-corrected chi connectivity index (χ4v) is 2.83. The molecule has 0 fully saturated rings. The number of nitrogens with two attached hydrogens (primary N) is 1. The lowest BCUT2D eigenvalue weighted by Crippen LogP contribution is -2.21. The summed E-state index contributed by atoms with van der Waals surface area (Å²) in [6.45, 7) is 1.96. The highest BCUT2D eigenvalue weighted by atomic mass is 79.9. The largest absolute Gasteiger partial charge is 0.468 e. The van der Waals surface area contributed by atoms with Gasteiger partial charge in [0, 0.05) is 14.2 Å². The molecule has 3 nitrogen and oxygen atoms in total. The molecule has 13 heavy (non-hydrogen) atoms. The molecule has 1 rings (SSSR count). The number of carbonyl (C=O) groups excluding carboxylic acids is 1. The molecule has 0 aromatic carbocycles. The van der Waals surface area contributed by atoms with E-state index in [-0.39, 0.29) is 0 Å². The van der Waals surface area contributed by atoms with Crippen molar-refractivity contribution < 1.29 is 9.53 Å². The predicted molar refractivity (Wildman–Crippen MR) is 55.7 cm³/mol. The van der Waals surface area contributed by atoms with Crippen LogP contribution in [-0.2, 0) is 9.53 Å². The fourth-order valence-electron chi connectivity index (χ4n) is 0.947. The van der Waals surface area contributed by atoms with E-state index in [2.05, 4.69) is 20.7 Å². The second-order valence-electron chi connectivity index (χ2n) is 2.57. The quantitative estimate of drug-likeness (QED) is 0.831. The molecule has 5 heteroatoms. The van der Waals surface area contributed by atoms with Crippen molar-refractivity contribution in [3.05, 3.63) is 20.3 Å². The lowest BCUT2D eigenvalue weighted by Gasteiger charge is -2.06. The second kappa shape index (κ2) is 4.21. The summed E-state index contributed by atoms with van der Waals surface area (Å²) < 4.78 is 5.42. The van der Waals surface area contributed by atoms with Gasteiger partial charge < -0.3 is 10.5 Å². The van der Waals surface area contributed by atoms with Crippen LogP contribution < -0.4 is 5.73 Å². The molecule has 2 N–H and O–H groups in total. The average molecular weight is 264 g/mol. The van der Waals surface area contributed by atoms with E-state index in [0.29, 0.717) is 0 Å². The molecule has 1 atom stereocenters. The standard InChI is InChI=1S/C8H10BrNO2S/c1-4-3-5(9)7(13-4)6(10)8(11)12-2/h3,6H,10H2,1-2H3. The van der Waals surface area contributed by atoms with Crippen LogP contribution in [0.1, 0.15) is 15.8 Å². The van der Waals surface area contributed by atoms with Gasteiger partial charge in [0.1, 0.15) is 6.04 Å². The van der Waals surface area contributed by atoms with Gasteiger partial charge in [-0.2, -0.15) is 0 Å². The van der Waals surface area contributed by atoms with E-state index < -0.39 is 12.0 Å². The molecule has 0 aliphatic heterocycles. The van der Waals surface area contributed by atoms with Gasteiger partial charge in [0.05, 0.1) is 7.11 Å². The van der Waals surface area contributed by atoms with Gasteiger partial charge in [-0.1, -0.05) is 0 Å². The van der Waals surface area contributed by atoms with E-state index in [4.69, 9.17) is 5.73 Å². The number of aryl methyl sites for hydroxylation is 1. The first-order chi connectivity index (χ1) is 6.06. The second-order valence-corrected chi connectivity index (χ2v) is 4.71. The Kier molecular flexibility index (Phi) is 3.47. The lowest BCUT2D eigenvalue weighted by atomic mass is 10.2. The Morgan fingerprint density at radius 2 is 2.38 bits per heavy atom. The SMILES string of the molecule is COC(=O)C(N)c1sc(C)cc1Br. The van der Waals surface area contributed by atoms with Crippen molar-refractivity contribution in [3.63, 3.8) is 0 Å². The van der Waals surface area contributed by atoms with Crippen molar-refractivity contribution in [1.29, 1.82) is 0 Å². The zero-order chi connectivity index (χ0) is 10.0. The number of methoxy groups -OCH3 is 1. The molecule has 0 saturated heterocycles. The first kappa shape index (κ1) is 10.7. The maximum absolute atomic E-state index is 11.1. The van der Waals surface area contributed by atoms with Crippen LogP contribution in [0.25, 0.3) is 0 Å². The summed E-state index contributed by atoms with van der Waals surface area (Å²) in [6.07, 6.45) is 0. The normalized spacial score (nSPS) is 12.6. The van der Waals surface area contributed by atoms with E-state index in [1.165, 1.54) is 18.4 Å². The maximum atomic E-state index is 11.1.